The van der Waals surface area contributed by atoms with Crippen molar-refractivity contribution in [1.29, 1.82) is 0 Å². The number of carbonyl (C=O) groups is 1. The molecule has 9 heteroatoms. The number of hydrogen-bond donors (Lipinski definition) is 2. The van der Waals surface area contributed by atoms with Crippen LogP contribution in [0.15, 0.2) is 6.20 Å². The fraction of sp³-hybridized carbons (Fsp3) is 0.583. The molecule has 0 aliphatic rings. The summed E-state index contributed by atoms with van der Waals surface area (Å²) in [5.41, 5.74) is -0.218. The Balaban J connectivity index is 2.70. The second-order valence-corrected chi connectivity index (χ2v) is 4.18. The number of rotatable bonds is 8. The van der Waals surface area contributed by atoms with E-state index in [1.165, 1.54) is 0 Å². The van der Waals surface area contributed by atoms with Crippen molar-refractivity contribution in [3.05, 3.63) is 16.3 Å². The molecular weight excluding hydrogens is 276 g/mol. The Morgan fingerprint density at radius 1 is 1.43 bits per heavy atom. The van der Waals surface area contributed by atoms with Gasteiger partial charge >= 0.3 is 5.69 Å². The van der Waals surface area contributed by atoms with Gasteiger partial charge in [-0.05, 0) is 13.8 Å². The third-order valence-corrected chi connectivity index (χ3v) is 2.94. The third-order valence-electron chi connectivity index (χ3n) is 2.94. The molecule has 0 aromatic carbocycles. The van der Waals surface area contributed by atoms with E-state index in [2.05, 4.69) is 20.6 Å². The largest absolute Gasteiger partial charge is 0.364 e. The number of aromatic nitrogens is 2. The first kappa shape index (κ1) is 16.6. The molecule has 0 atom stereocenters. The van der Waals surface area contributed by atoms with Gasteiger partial charge in [-0.15, -0.1) is 0 Å². The minimum atomic E-state index is -0.562. The standard InChI is InChI=1S/C12H20N6O3/c1-4-17(5-2)10(19)6-7-14-11-9(18(20)21)8-15-12(13-3)16-11/h8H,4-7H2,1-3H3,(H2,13,14,15,16). The highest BCUT2D eigenvalue weighted by molar-refractivity contribution is 5.76. The average molecular weight is 296 g/mol. The summed E-state index contributed by atoms with van der Waals surface area (Å²) in [4.78, 5) is 31.7. The molecule has 0 radical (unpaired) electrons. The van der Waals surface area contributed by atoms with E-state index in [4.69, 9.17) is 0 Å². The number of nitrogens with one attached hydrogen (secondary N) is 2. The lowest BCUT2D eigenvalue weighted by Gasteiger charge is -2.18. The minimum absolute atomic E-state index is 0.00181. The molecule has 0 saturated carbocycles. The zero-order valence-electron chi connectivity index (χ0n) is 12.4. The van der Waals surface area contributed by atoms with Crippen LogP contribution < -0.4 is 10.6 Å². The number of nitrogens with zero attached hydrogens (tertiary/aromatic N) is 4. The Hall–Kier alpha value is -2.45. The lowest BCUT2D eigenvalue weighted by Crippen LogP contribution is -2.31. The first-order chi connectivity index (χ1) is 10.0. The molecule has 0 unspecified atom stereocenters. The fourth-order valence-corrected chi connectivity index (χ4v) is 1.78. The molecule has 0 fully saturated rings. The number of carbonyl (C=O) groups excluding carboxylic acids is 1. The predicted octanol–water partition coefficient (Wildman–Crippen LogP) is 1.10. The van der Waals surface area contributed by atoms with E-state index in [0.29, 0.717) is 13.1 Å². The van der Waals surface area contributed by atoms with Crippen LogP contribution in [0.5, 0.6) is 0 Å². The normalized spacial score (nSPS) is 10.0. The molecule has 0 bridgehead atoms. The summed E-state index contributed by atoms with van der Waals surface area (Å²) in [5, 5.41) is 16.4. The average Bonchev–Trinajstić information content (AvgIpc) is 2.48. The molecule has 0 spiro atoms. The van der Waals surface area contributed by atoms with Gasteiger partial charge in [0.25, 0.3) is 0 Å². The maximum absolute atomic E-state index is 11.8. The Kier molecular flexibility index (Phi) is 6.31. The van der Waals surface area contributed by atoms with E-state index >= 15 is 0 Å². The molecule has 1 aromatic heterocycles. The second kappa shape index (κ2) is 7.98. The van der Waals surface area contributed by atoms with Crippen molar-refractivity contribution >= 4 is 23.4 Å². The summed E-state index contributed by atoms with van der Waals surface area (Å²) in [7, 11) is 1.62. The SMILES string of the molecule is CCN(CC)C(=O)CCNc1nc(NC)ncc1[N+](=O)[O-]. The lowest BCUT2D eigenvalue weighted by atomic mass is 10.3. The van der Waals surface area contributed by atoms with Gasteiger partial charge in [0.1, 0.15) is 6.20 Å². The smallest absolute Gasteiger partial charge is 0.329 e. The first-order valence-corrected chi connectivity index (χ1v) is 6.74. The van der Waals surface area contributed by atoms with Gasteiger partial charge in [-0.3, -0.25) is 14.9 Å². The molecule has 0 aliphatic carbocycles. The van der Waals surface area contributed by atoms with Crippen molar-refractivity contribution in [2.24, 2.45) is 0 Å². The van der Waals surface area contributed by atoms with Gasteiger partial charge in [0.15, 0.2) is 0 Å². The molecule has 1 amide bonds. The van der Waals surface area contributed by atoms with E-state index in [1.54, 1.807) is 11.9 Å². The van der Waals surface area contributed by atoms with Crippen LogP contribution in [0.3, 0.4) is 0 Å². The summed E-state index contributed by atoms with van der Waals surface area (Å²) in [6.45, 7) is 5.38. The summed E-state index contributed by atoms with van der Waals surface area (Å²) >= 11 is 0. The van der Waals surface area contributed by atoms with Crippen LogP contribution in [0.1, 0.15) is 20.3 Å². The number of anilines is 2. The van der Waals surface area contributed by atoms with Gasteiger partial charge in [0.05, 0.1) is 4.92 Å². The number of hydrogen-bond acceptors (Lipinski definition) is 7. The number of nitro groups is 1. The molecule has 9 nitrogen and oxygen atoms in total. The van der Waals surface area contributed by atoms with E-state index in [0.717, 1.165) is 6.20 Å². The highest BCUT2D eigenvalue weighted by Crippen LogP contribution is 2.21. The summed E-state index contributed by atoms with van der Waals surface area (Å²) in [6.07, 6.45) is 1.38. The molecule has 116 valence electrons. The molecular formula is C12H20N6O3. The maximum atomic E-state index is 11.8. The summed E-state index contributed by atoms with van der Waals surface area (Å²) < 4.78 is 0. The van der Waals surface area contributed by atoms with Gasteiger partial charge in [-0.1, -0.05) is 0 Å². The van der Waals surface area contributed by atoms with Crippen molar-refractivity contribution in [3.8, 4) is 0 Å². The van der Waals surface area contributed by atoms with Gasteiger partial charge in [0.2, 0.25) is 17.7 Å². The van der Waals surface area contributed by atoms with Crippen LogP contribution in [-0.2, 0) is 4.79 Å². The zero-order chi connectivity index (χ0) is 15.8. The maximum Gasteiger partial charge on any atom is 0.329 e. The Morgan fingerprint density at radius 3 is 2.62 bits per heavy atom. The van der Waals surface area contributed by atoms with E-state index in [-0.39, 0.29) is 36.3 Å². The van der Waals surface area contributed by atoms with Crippen molar-refractivity contribution < 1.29 is 9.72 Å². The van der Waals surface area contributed by atoms with E-state index in [1.807, 2.05) is 13.8 Å². The van der Waals surface area contributed by atoms with Gasteiger partial charge < -0.3 is 15.5 Å². The van der Waals surface area contributed by atoms with Crippen LogP contribution in [0.25, 0.3) is 0 Å². The quantitative estimate of drug-likeness (QED) is 0.545. The molecule has 0 saturated heterocycles. The second-order valence-electron chi connectivity index (χ2n) is 4.18. The van der Waals surface area contributed by atoms with Crippen molar-refractivity contribution in [1.82, 2.24) is 14.9 Å². The van der Waals surface area contributed by atoms with Gasteiger partial charge in [0, 0.05) is 33.1 Å². The van der Waals surface area contributed by atoms with Crippen LogP contribution in [0, 0.1) is 10.1 Å². The summed E-state index contributed by atoms with van der Waals surface area (Å²) in [5.74, 6) is 0.378. The highest BCUT2D eigenvalue weighted by Gasteiger charge is 2.17. The number of amides is 1. The van der Waals surface area contributed by atoms with E-state index < -0.39 is 4.92 Å². The molecule has 1 rings (SSSR count). The Labute approximate surface area is 122 Å². The predicted molar refractivity (Wildman–Crippen MR) is 79.3 cm³/mol. The van der Waals surface area contributed by atoms with E-state index in [9.17, 15) is 14.9 Å². The van der Waals surface area contributed by atoms with Crippen LogP contribution in [-0.4, -0.2) is 52.4 Å². The molecule has 1 heterocycles. The topological polar surface area (TPSA) is 113 Å². The Bertz CT molecular complexity index is 504. The minimum Gasteiger partial charge on any atom is -0.364 e. The lowest BCUT2D eigenvalue weighted by molar-refractivity contribution is -0.384. The van der Waals surface area contributed by atoms with Gasteiger partial charge in [-0.2, -0.15) is 4.98 Å². The highest BCUT2D eigenvalue weighted by atomic mass is 16.6. The monoisotopic (exact) mass is 296 g/mol. The summed E-state index contributed by atoms with van der Waals surface area (Å²) in [6, 6.07) is 0. The van der Waals surface area contributed by atoms with Crippen molar-refractivity contribution in [2.45, 2.75) is 20.3 Å². The van der Waals surface area contributed by atoms with Crippen molar-refractivity contribution in [3.63, 3.8) is 0 Å². The Morgan fingerprint density at radius 2 is 2.10 bits per heavy atom. The fourth-order valence-electron chi connectivity index (χ4n) is 1.78. The van der Waals surface area contributed by atoms with Crippen LogP contribution >= 0.6 is 0 Å². The third kappa shape index (κ3) is 4.55. The van der Waals surface area contributed by atoms with Gasteiger partial charge in [-0.25, -0.2) is 4.98 Å². The zero-order valence-corrected chi connectivity index (χ0v) is 12.4. The van der Waals surface area contributed by atoms with Crippen LogP contribution in [0.4, 0.5) is 17.5 Å². The van der Waals surface area contributed by atoms with Crippen LogP contribution in [0.2, 0.25) is 0 Å². The molecule has 2 N–H and O–H groups in total. The molecule has 1 aromatic rings. The first-order valence-electron chi connectivity index (χ1n) is 6.74. The molecule has 21 heavy (non-hydrogen) atoms. The molecule has 0 aliphatic heterocycles. The van der Waals surface area contributed by atoms with Crippen molar-refractivity contribution in [2.75, 3.05) is 37.3 Å².